The molecule has 3 rings (SSSR count). The van der Waals surface area contributed by atoms with Crippen molar-refractivity contribution >= 4 is 28.3 Å². The molecule has 0 saturated carbocycles. The molecule has 0 saturated heterocycles. The second-order valence-corrected chi connectivity index (χ2v) is 5.62. The van der Waals surface area contributed by atoms with Gasteiger partial charge in [-0.2, -0.15) is 5.26 Å². The number of nitriles is 1. The highest BCUT2D eigenvalue weighted by Gasteiger charge is 2.13. The Bertz CT molecular complexity index is 930. The summed E-state index contributed by atoms with van der Waals surface area (Å²) in [6.07, 6.45) is 3.70. The van der Waals surface area contributed by atoms with Gasteiger partial charge in [-0.05, 0) is 23.8 Å². The smallest absolute Gasteiger partial charge is 0.340 e. The Morgan fingerprint density at radius 2 is 1.92 bits per heavy atom. The molecule has 0 aliphatic heterocycles. The third kappa shape index (κ3) is 3.37. The number of esters is 1. The number of nitrogens with zero attached hydrogens (tertiary/aromatic N) is 2. The molecule has 0 atom stereocenters. The number of ether oxygens (including phenoxy) is 1. The van der Waals surface area contributed by atoms with E-state index in [-0.39, 0.29) is 6.61 Å². The normalized spacial score (nSPS) is 10.3. The summed E-state index contributed by atoms with van der Waals surface area (Å²) in [5, 5.41) is 10.8. The van der Waals surface area contributed by atoms with Crippen LogP contribution in [-0.2, 0) is 11.2 Å². The zero-order valence-corrected chi connectivity index (χ0v) is 13.5. The summed E-state index contributed by atoms with van der Waals surface area (Å²) in [4.78, 5) is 16.4. The Morgan fingerprint density at radius 1 is 1.12 bits per heavy atom. The van der Waals surface area contributed by atoms with Crippen LogP contribution in [0, 0.1) is 11.3 Å². The fraction of sp³-hybridized carbons (Fsp3) is 0.105. The van der Waals surface area contributed by atoms with Crippen LogP contribution >= 0.6 is 11.6 Å². The van der Waals surface area contributed by atoms with Gasteiger partial charge in [0.25, 0.3) is 0 Å². The average molecular weight is 337 g/mol. The van der Waals surface area contributed by atoms with Gasteiger partial charge in [-0.1, -0.05) is 35.9 Å². The van der Waals surface area contributed by atoms with Crippen LogP contribution in [0.15, 0.2) is 54.9 Å². The molecule has 0 radical (unpaired) electrons. The van der Waals surface area contributed by atoms with E-state index in [4.69, 9.17) is 21.6 Å². The minimum absolute atomic E-state index is 0.252. The number of rotatable bonds is 4. The van der Waals surface area contributed by atoms with Gasteiger partial charge in [0.05, 0.1) is 23.8 Å². The Labute approximate surface area is 144 Å². The molecule has 4 nitrogen and oxygen atoms in total. The fourth-order valence-electron chi connectivity index (χ4n) is 2.41. The number of hydrogen-bond donors (Lipinski definition) is 0. The molecule has 0 aliphatic carbocycles. The van der Waals surface area contributed by atoms with E-state index < -0.39 is 5.97 Å². The first-order valence-corrected chi connectivity index (χ1v) is 7.75. The minimum atomic E-state index is -0.427. The Kier molecular flexibility index (Phi) is 4.74. The fourth-order valence-corrected chi connectivity index (χ4v) is 2.63. The van der Waals surface area contributed by atoms with Crippen molar-refractivity contribution in [3.63, 3.8) is 0 Å². The van der Waals surface area contributed by atoms with Crippen molar-refractivity contribution in [3.8, 4) is 6.07 Å². The highest BCUT2D eigenvalue weighted by Crippen LogP contribution is 2.25. The molecule has 0 N–H and O–H groups in total. The van der Waals surface area contributed by atoms with Gasteiger partial charge in [0.2, 0.25) is 0 Å². The van der Waals surface area contributed by atoms with Gasteiger partial charge < -0.3 is 4.74 Å². The maximum atomic E-state index is 12.3. The maximum Gasteiger partial charge on any atom is 0.340 e. The molecule has 0 aliphatic rings. The zero-order valence-electron chi connectivity index (χ0n) is 12.7. The molecular formula is C19H13ClN2O2. The van der Waals surface area contributed by atoms with E-state index in [0.717, 1.165) is 16.3 Å². The van der Waals surface area contributed by atoms with Crippen molar-refractivity contribution in [1.29, 1.82) is 5.26 Å². The highest BCUT2D eigenvalue weighted by molar-refractivity contribution is 6.35. The van der Waals surface area contributed by atoms with Gasteiger partial charge in [-0.3, -0.25) is 4.98 Å². The van der Waals surface area contributed by atoms with Gasteiger partial charge in [0, 0.05) is 34.6 Å². The predicted molar refractivity (Wildman–Crippen MR) is 91.9 cm³/mol. The van der Waals surface area contributed by atoms with E-state index in [0.29, 0.717) is 22.6 Å². The Hall–Kier alpha value is -2.90. The number of hydrogen-bond acceptors (Lipinski definition) is 4. The lowest BCUT2D eigenvalue weighted by molar-refractivity contribution is 0.0511. The van der Waals surface area contributed by atoms with Crippen LogP contribution in [0.3, 0.4) is 0 Å². The lowest BCUT2D eigenvalue weighted by Crippen LogP contribution is -2.09. The summed E-state index contributed by atoms with van der Waals surface area (Å²) >= 11 is 6.13. The van der Waals surface area contributed by atoms with Gasteiger partial charge in [0.15, 0.2) is 0 Å². The van der Waals surface area contributed by atoms with E-state index in [1.165, 1.54) is 6.20 Å². The monoisotopic (exact) mass is 336 g/mol. The number of fused-ring (bicyclic) bond motifs is 1. The second kappa shape index (κ2) is 7.12. The van der Waals surface area contributed by atoms with Crippen molar-refractivity contribution in [1.82, 2.24) is 4.98 Å². The van der Waals surface area contributed by atoms with Crippen LogP contribution in [0.2, 0.25) is 5.02 Å². The molecule has 5 heteroatoms. The lowest BCUT2D eigenvalue weighted by atomic mass is 10.1. The van der Waals surface area contributed by atoms with Crippen molar-refractivity contribution in [2.75, 3.05) is 6.61 Å². The zero-order chi connectivity index (χ0) is 16.9. The summed E-state index contributed by atoms with van der Waals surface area (Å²) in [6.45, 7) is 0.252. The molecular weight excluding hydrogens is 324 g/mol. The minimum Gasteiger partial charge on any atom is -0.462 e. The highest BCUT2D eigenvalue weighted by atomic mass is 35.5. The van der Waals surface area contributed by atoms with Crippen molar-refractivity contribution in [2.24, 2.45) is 0 Å². The van der Waals surface area contributed by atoms with E-state index in [2.05, 4.69) is 11.1 Å². The first-order chi connectivity index (χ1) is 11.7. The molecule has 0 spiro atoms. The van der Waals surface area contributed by atoms with E-state index in [1.54, 1.807) is 30.5 Å². The molecule has 2 aromatic carbocycles. The first-order valence-electron chi connectivity index (χ1n) is 7.37. The van der Waals surface area contributed by atoms with E-state index in [9.17, 15) is 4.79 Å². The van der Waals surface area contributed by atoms with Crippen LogP contribution in [0.25, 0.3) is 10.8 Å². The molecule has 1 heterocycles. The number of carbonyl (C=O) groups excluding carboxylic acids is 1. The van der Waals surface area contributed by atoms with Crippen LogP contribution in [-0.4, -0.2) is 17.6 Å². The third-order valence-corrected chi connectivity index (χ3v) is 4.01. The second-order valence-electron chi connectivity index (χ2n) is 5.22. The standard InChI is InChI=1S/C19H13ClN2O2/c20-18-3-1-2-15-16(18)11-22-12-17(15)19(23)24-9-8-13-4-6-14(10-21)7-5-13/h1-7,11-12H,8-9H2. The quantitative estimate of drug-likeness (QED) is 0.671. The molecule has 0 bridgehead atoms. The lowest BCUT2D eigenvalue weighted by Gasteiger charge is -2.08. The topological polar surface area (TPSA) is 63.0 Å². The van der Waals surface area contributed by atoms with Crippen molar-refractivity contribution in [2.45, 2.75) is 6.42 Å². The molecule has 24 heavy (non-hydrogen) atoms. The maximum absolute atomic E-state index is 12.3. The Balaban J connectivity index is 1.69. The number of benzene rings is 2. The third-order valence-electron chi connectivity index (χ3n) is 3.68. The first kappa shape index (κ1) is 16.0. The molecule has 118 valence electrons. The van der Waals surface area contributed by atoms with Crippen LogP contribution in [0.4, 0.5) is 0 Å². The van der Waals surface area contributed by atoms with Crippen molar-refractivity contribution in [3.05, 3.63) is 76.6 Å². The van der Waals surface area contributed by atoms with Gasteiger partial charge >= 0.3 is 5.97 Å². The average Bonchev–Trinajstić information content (AvgIpc) is 2.62. The predicted octanol–water partition coefficient (Wildman–Crippen LogP) is 4.16. The van der Waals surface area contributed by atoms with Crippen LogP contribution < -0.4 is 0 Å². The molecule has 0 amide bonds. The number of aromatic nitrogens is 1. The molecule has 1 aromatic heterocycles. The summed E-state index contributed by atoms with van der Waals surface area (Å²) < 4.78 is 5.35. The van der Waals surface area contributed by atoms with Crippen LogP contribution in [0.5, 0.6) is 0 Å². The number of carbonyl (C=O) groups is 1. The van der Waals surface area contributed by atoms with Gasteiger partial charge in [0.1, 0.15) is 0 Å². The largest absolute Gasteiger partial charge is 0.462 e. The van der Waals surface area contributed by atoms with E-state index in [1.807, 2.05) is 18.2 Å². The van der Waals surface area contributed by atoms with Gasteiger partial charge in [-0.15, -0.1) is 0 Å². The summed E-state index contributed by atoms with van der Waals surface area (Å²) in [6, 6.07) is 14.6. The SMILES string of the molecule is N#Cc1ccc(CCOC(=O)c2cncc3c(Cl)cccc23)cc1. The van der Waals surface area contributed by atoms with Gasteiger partial charge in [-0.25, -0.2) is 4.79 Å². The molecule has 0 fully saturated rings. The molecule has 0 unspecified atom stereocenters. The molecule has 3 aromatic rings. The van der Waals surface area contributed by atoms with Crippen LogP contribution in [0.1, 0.15) is 21.5 Å². The Morgan fingerprint density at radius 3 is 2.67 bits per heavy atom. The number of halogens is 1. The number of pyridine rings is 1. The summed E-state index contributed by atoms with van der Waals surface area (Å²) in [5.74, 6) is -0.427. The van der Waals surface area contributed by atoms with E-state index >= 15 is 0 Å². The van der Waals surface area contributed by atoms with Crippen molar-refractivity contribution < 1.29 is 9.53 Å². The summed E-state index contributed by atoms with van der Waals surface area (Å²) in [7, 11) is 0. The summed E-state index contributed by atoms with van der Waals surface area (Å²) in [5.41, 5.74) is 2.00.